The van der Waals surface area contributed by atoms with E-state index in [2.05, 4.69) is 39.1 Å². The summed E-state index contributed by atoms with van der Waals surface area (Å²) in [4.78, 5) is 28.9. The lowest BCUT2D eigenvalue weighted by Crippen LogP contribution is -2.49. The zero-order valence-electron chi connectivity index (χ0n) is 19.3. The lowest BCUT2D eigenvalue weighted by Gasteiger charge is -2.37. The number of thioether (sulfide) groups is 1. The van der Waals surface area contributed by atoms with Crippen LogP contribution in [0.2, 0.25) is 0 Å². The lowest BCUT2D eigenvalue weighted by atomic mass is 10.1. The molecule has 178 valence electrons. The van der Waals surface area contributed by atoms with E-state index in [0.717, 1.165) is 43.1 Å². The molecule has 0 aliphatic carbocycles. The first-order chi connectivity index (χ1) is 16.5. The van der Waals surface area contributed by atoms with E-state index in [9.17, 15) is 4.79 Å². The van der Waals surface area contributed by atoms with Gasteiger partial charge in [0, 0.05) is 43.8 Å². The van der Waals surface area contributed by atoms with E-state index in [1.54, 1.807) is 24.3 Å². The number of nitrogens with zero attached hydrogens (tertiary/aromatic N) is 5. The van der Waals surface area contributed by atoms with Gasteiger partial charge in [0.1, 0.15) is 17.5 Å². The second kappa shape index (κ2) is 9.73. The second-order valence-corrected chi connectivity index (χ2v) is 9.85. The molecule has 2 fully saturated rings. The summed E-state index contributed by atoms with van der Waals surface area (Å²) in [5.74, 6) is 0.708. The van der Waals surface area contributed by atoms with Crippen molar-refractivity contribution < 1.29 is 19.0 Å². The molecule has 0 N–H and O–H groups in total. The van der Waals surface area contributed by atoms with Crippen molar-refractivity contribution in [1.82, 2.24) is 19.9 Å². The number of rotatable bonds is 6. The summed E-state index contributed by atoms with van der Waals surface area (Å²) in [6, 6.07) is 10.3. The molecule has 2 aliphatic heterocycles. The van der Waals surface area contributed by atoms with Crippen molar-refractivity contribution in [2.75, 3.05) is 57.3 Å². The Morgan fingerprint density at radius 3 is 2.68 bits per heavy atom. The average molecular weight is 482 g/mol. The fourth-order valence-electron chi connectivity index (χ4n) is 4.04. The Morgan fingerprint density at radius 2 is 1.91 bits per heavy atom. The number of fused-ring (bicyclic) bond motifs is 1. The molecule has 2 aliphatic rings. The molecule has 9 nitrogen and oxygen atoms in total. The number of amides is 1. The fraction of sp³-hybridized carbons (Fsp3) is 0.417. The third-order valence-electron chi connectivity index (χ3n) is 5.97. The van der Waals surface area contributed by atoms with Crippen LogP contribution in [0.4, 0.5) is 5.69 Å². The van der Waals surface area contributed by atoms with Crippen molar-refractivity contribution in [1.29, 1.82) is 0 Å². The summed E-state index contributed by atoms with van der Waals surface area (Å²) < 4.78 is 17.3. The van der Waals surface area contributed by atoms with Gasteiger partial charge in [-0.25, -0.2) is 9.97 Å². The molecule has 34 heavy (non-hydrogen) atoms. The number of ether oxygens (including phenoxy) is 3. The summed E-state index contributed by atoms with van der Waals surface area (Å²) in [6.07, 6.45) is 3.29. The Hall–Kier alpha value is -2.95. The summed E-state index contributed by atoms with van der Waals surface area (Å²) >= 11 is 1.49. The minimum Gasteiger partial charge on any atom is -0.465 e. The highest BCUT2D eigenvalue weighted by Gasteiger charge is 2.35. The molecule has 4 heterocycles. The maximum absolute atomic E-state index is 11.7. The highest BCUT2D eigenvalue weighted by Crippen LogP contribution is 2.33. The van der Waals surface area contributed by atoms with Crippen molar-refractivity contribution in [2.45, 2.75) is 11.9 Å². The number of pyridine rings is 1. The molecule has 0 spiro atoms. The summed E-state index contributed by atoms with van der Waals surface area (Å²) in [5.41, 5.74) is 4.25. The van der Waals surface area contributed by atoms with Crippen LogP contribution in [0.3, 0.4) is 0 Å². The molecule has 3 aromatic rings. The molecule has 5 rings (SSSR count). The topological polar surface area (TPSA) is 89.9 Å². The number of morpholine rings is 2. The molecular formula is C24H27N5O4S. The molecule has 2 aromatic heterocycles. The highest BCUT2D eigenvalue weighted by molar-refractivity contribution is 8.00. The normalized spacial score (nSPS) is 21.2. The van der Waals surface area contributed by atoms with Gasteiger partial charge in [-0.3, -0.25) is 9.78 Å². The number of likely N-dealkylation sites (N-methyl/N-ethyl adjacent to an activating group) is 1. The average Bonchev–Trinajstić information content (AvgIpc) is 2.87. The summed E-state index contributed by atoms with van der Waals surface area (Å²) in [6.45, 7) is 5.81. The number of anilines is 1. The van der Waals surface area contributed by atoms with E-state index >= 15 is 0 Å². The molecule has 1 aromatic carbocycles. The van der Waals surface area contributed by atoms with Crippen molar-refractivity contribution in [3.8, 4) is 17.1 Å². The fourth-order valence-corrected chi connectivity index (χ4v) is 4.89. The van der Waals surface area contributed by atoms with E-state index in [4.69, 9.17) is 19.2 Å². The number of hydrogen-bond donors (Lipinski definition) is 0. The van der Waals surface area contributed by atoms with Gasteiger partial charge in [-0.15, -0.1) is 0 Å². The van der Waals surface area contributed by atoms with Gasteiger partial charge >= 0.3 is 0 Å². The molecular weight excluding hydrogens is 454 g/mol. The van der Waals surface area contributed by atoms with Gasteiger partial charge in [-0.2, -0.15) is 0 Å². The van der Waals surface area contributed by atoms with Crippen molar-refractivity contribution in [3.63, 3.8) is 0 Å². The molecule has 1 amide bonds. The number of hydrogen-bond acceptors (Lipinski definition) is 9. The van der Waals surface area contributed by atoms with Crippen LogP contribution in [-0.4, -0.2) is 83.1 Å². The van der Waals surface area contributed by atoms with Crippen LogP contribution in [0.1, 0.15) is 6.92 Å². The van der Waals surface area contributed by atoms with Gasteiger partial charge < -0.3 is 24.0 Å². The van der Waals surface area contributed by atoms with Gasteiger partial charge in [0.05, 0.1) is 31.0 Å². The van der Waals surface area contributed by atoms with E-state index < -0.39 is 4.93 Å². The van der Waals surface area contributed by atoms with Crippen LogP contribution >= 0.6 is 11.8 Å². The Kier molecular flexibility index (Phi) is 6.53. The first-order valence-electron chi connectivity index (χ1n) is 11.2. The van der Waals surface area contributed by atoms with Gasteiger partial charge in [-0.1, -0.05) is 23.9 Å². The number of carbonyl (C=O) groups excluding carboxylic acids is 1. The van der Waals surface area contributed by atoms with Crippen LogP contribution in [0.5, 0.6) is 5.88 Å². The maximum Gasteiger partial charge on any atom is 0.248 e. The number of benzene rings is 1. The molecule has 10 heteroatoms. The third-order valence-corrected chi connectivity index (χ3v) is 7.07. The quantitative estimate of drug-likeness (QED) is 0.493. The van der Waals surface area contributed by atoms with Crippen molar-refractivity contribution >= 4 is 34.4 Å². The smallest absolute Gasteiger partial charge is 0.248 e. The van der Waals surface area contributed by atoms with Crippen molar-refractivity contribution in [3.05, 3.63) is 42.7 Å². The van der Waals surface area contributed by atoms with Gasteiger partial charge in [0.15, 0.2) is 5.52 Å². The van der Waals surface area contributed by atoms with Crippen LogP contribution < -0.4 is 9.64 Å². The lowest BCUT2D eigenvalue weighted by molar-refractivity contribution is -0.148. The Labute approximate surface area is 202 Å². The number of aromatic nitrogens is 3. The van der Waals surface area contributed by atoms with Crippen LogP contribution in [0.15, 0.2) is 42.7 Å². The largest absolute Gasteiger partial charge is 0.465 e. The molecule has 0 saturated carbocycles. The minimum absolute atomic E-state index is 0.0192. The molecule has 0 bridgehead atoms. The van der Waals surface area contributed by atoms with Gasteiger partial charge in [-0.05, 0) is 25.1 Å². The monoisotopic (exact) mass is 481 g/mol. The first kappa shape index (κ1) is 22.8. The predicted octanol–water partition coefficient (Wildman–Crippen LogP) is 2.80. The van der Waals surface area contributed by atoms with E-state index in [0.29, 0.717) is 23.9 Å². The van der Waals surface area contributed by atoms with Crippen LogP contribution in [0, 0.1) is 0 Å². The van der Waals surface area contributed by atoms with E-state index in [1.165, 1.54) is 17.4 Å². The van der Waals surface area contributed by atoms with Crippen molar-refractivity contribution in [2.24, 2.45) is 0 Å². The molecule has 1 unspecified atom stereocenters. The zero-order chi connectivity index (χ0) is 23.5. The maximum atomic E-state index is 11.7. The summed E-state index contributed by atoms with van der Waals surface area (Å²) in [7, 11) is 1.78. The Bertz CT molecular complexity index is 1170. The standard InChI is InChI=1S/C24H27N5O4S/c1-24(15-28(2)21(30)14-33-24)34-16-32-23-22-20(25-7-8-26-22)13-19(27-23)17-3-5-18(6-4-17)29-9-11-31-12-10-29/h3-8,13H,9-12,14-16H2,1-2H3. The SMILES string of the molecule is CN1CC(C)(SCOc2nc(-c3ccc(N4CCOCC4)cc3)cc3nccnc23)OCC1=O. The van der Waals surface area contributed by atoms with Crippen LogP contribution in [0.25, 0.3) is 22.3 Å². The van der Waals surface area contributed by atoms with E-state index in [-0.39, 0.29) is 12.5 Å². The Morgan fingerprint density at radius 1 is 1.15 bits per heavy atom. The first-order valence-corrected chi connectivity index (χ1v) is 12.2. The number of carbonyl (C=O) groups is 1. The highest BCUT2D eigenvalue weighted by atomic mass is 32.2. The zero-order valence-corrected chi connectivity index (χ0v) is 20.1. The molecule has 1 atom stereocenters. The third kappa shape index (κ3) is 4.94. The van der Waals surface area contributed by atoms with E-state index in [1.807, 2.05) is 13.0 Å². The summed E-state index contributed by atoms with van der Waals surface area (Å²) in [5, 5.41) is 0. The van der Waals surface area contributed by atoms with Gasteiger partial charge in [0.2, 0.25) is 11.8 Å². The molecule has 2 saturated heterocycles. The minimum atomic E-state index is -0.545. The second-order valence-electron chi connectivity index (χ2n) is 8.46. The molecule has 0 radical (unpaired) electrons. The Balaban J connectivity index is 1.35. The predicted molar refractivity (Wildman–Crippen MR) is 131 cm³/mol. The van der Waals surface area contributed by atoms with Crippen LogP contribution in [-0.2, 0) is 14.3 Å². The van der Waals surface area contributed by atoms with Gasteiger partial charge in [0.25, 0.3) is 0 Å².